The molecule has 3 rings (SSSR count). The van der Waals surface area contributed by atoms with Crippen LogP contribution in [0.15, 0.2) is 41.2 Å². The topological polar surface area (TPSA) is 51.1 Å². The second-order valence-electron chi connectivity index (χ2n) is 6.91. The molecule has 0 fully saturated rings. The van der Waals surface area contributed by atoms with Gasteiger partial charge in [0.1, 0.15) is 17.5 Å². The first-order chi connectivity index (χ1) is 14.5. The molecule has 0 spiro atoms. The first-order valence-electron chi connectivity index (χ1n) is 9.09. The van der Waals surface area contributed by atoms with Gasteiger partial charge < -0.3 is 9.88 Å². The molecule has 3 aromatic rings. The summed E-state index contributed by atoms with van der Waals surface area (Å²) < 4.78 is 80.3. The summed E-state index contributed by atoms with van der Waals surface area (Å²) in [4.78, 5) is 25.5. The van der Waals surface area contributed by atoms with Crippen LogP contribution in [-0.2, 0) is 13.1 Å². The molecule has 1 aromatic heterocycles. The normalized spacial score (nSPS) is 11.7. The molecule has 10 heteroatoms. The number of nitrogens with one attached hydrogen (secondary N) is 1. The van der Waals surface area contributed by atoms with Crippen molar-refractivity contribution >= 4 is 16.7 Å². The van der Waals surface area contributed by atoms with E-state index in [1.165, 1.54) is 25.1 Å². The summed E-state index contributed by atoms with van der Waals surface area (Å²) in [6.45, 7) is 0.221. The Kier molecular flexibility index (Phi) is 6.10. The fourth-order valence-corrected chi connectivity index (χ4v) is 3.32. The van der Waals surface area contributed by atoms with Crippen molar-refractivity contribution in [1.29, 1.82) is 0 Å². The number of carbonyl (C=O) groups is 1. The number of pyridine rings is 1. The van der Waals surface area contributed by atoms with E-state index in [4.69, 9.17) is 0 Å². The van der Waals surface area contributed by atoms with Crippen LogP contribution in [0.3, 0.4) is 0 Å². The fourth-order valence-electron chi connectivity index (χ4n) is 3.32. The van der Waals surface area contributed by atoms with Gasteiger partial charge in [-0.3, -0.25) is 9.59 Å². The Morgan fingerprint density at radius 3 is 2.42 bits per heavy atom. The van der Waals surface area contributed by atoms with Gasteiger partial charge in [0.2, 0.25) is 0 Å². The summed E-state index contributed by atoms with van der Waals surface area (Å²) >= 11 is 0. The fraction of sp³-hybridized carbons (Fsp3) is 0.238. The van der Waals surface area contributed by atoms with Crippen LogP contribution in [0.5, 0.6) is 0 Å². The van der Waals surface area contributed by atoms with E-state index in [9.17, 15) is 35.9 Å². The Bertz CT molecular complexity index is 1220. The first kappa shape index (κ1) is 22.4. The molecule has 0 aliphatic carbocycles. The van der Waals surface area contributed by atoms with E-state index < -0.39 is 53.4 Å². The van der Waals surface area contributed by atoms with Crippen molar-refractivity contribution in [1.82, 2.24) is 9.88 Å². The van der Waals surface area contributed by atoms with E-state index in [1.807, 2.05) is 0 Å². The van der Waals surface area contributed by atoms with E-state index in [0.717, 1.165) is 12.1 Å². The number of alkyl halides is 3. The number of carbonyl (C=O) groups excluding carboxylic acids is 1. The number of benzene rings is 2. The van der Waals surface area contributed by atoms with Gasteiger partial charge in [-0.2, -0.15) is 13.2 Å². The van der Waals surface area contributed by atoms with Gasteiger partial charge in [-0.05, 0) is 30.7 Å². The molecule has 31 heavy (non-hydrogen) atoms. The number of rotatable bonds is 5. The molecular formula is C21H16F6N2O2. The summed E-state index contributed by atoms with van der Waals surface area (Å²) in [5, 5.41) is 1.39. The maximum atomic E-state index is 14.4. The van der Waals surface area contributed by atoms with Crippen LogP contribution in [0.4, 0.5) is 26.3 Å². The van der Waals surface area contributed by atoms with Gasteiger partial charge >= 0.3 is 6.18 Å². The van der Waals surface area contributed by atoms with Crippen molar-refractivity contribution in [2.24, 2.45) is 0 Å². The molecular weight excluding hydrogens is 426 g/mol. The van der Waals surface area contributed by atoms with Crippen molar-refractivity contribution in [3.8, 4) is 0 Å². The standard InChI is InChI=1S/C21H16F6N2O2/c1-11-17(19(30)28-10-12-3-2-4-13(22)7-12)15-8-14(23)9-16(24)18(15)20(31)29(11)6-5-21(25,26)27/h2-4,7-9H,5-6,10H2,1H3,(H,28,30). The summed E-state index contributed by atoms with van der Waals surface area (Å²) in [6.07, 6.45) is -5.98. The molecule has 1 amide bonds. The summed E-state index contributed by atoms with van der Waals surface area (Å²) in [7, 11) is 0. The third kappa shape index (κ3) is 4.89. The number of hydrogen-bond donors (Lipinski definition) is 1. The predicted molar refractivity (Wildman–Crippen MR) is 101 cm³/mol. The third-order valence-corrected chi connectivity index (χ3v) is 4.74. The molecule has 0 saturated heterocycles. The van der Waals surface area contributed by atoms with Gasteiger partial charge in [0, 0.05) is 30.2 Å². The van der Waals surface area contributed by atoms with Crippen LogP contribution in [0.25, 0.3) is 10.8 Å². The lowest BCUT2D eigenvalue weighted by molar-refractivity contribution is -0.136. The summed E-state index contributed by atoms with van der Waals surface area (Å²) in [6, 6.07) is 6.50. The van der Waals surface area contributed by atoms with Crippen molar-refractivity contribution in [3.63, 3.8) is 0 Å². The second-order valence-corrected chi connectivity index (χ2v) is 6.91. The number of amides is 1. The Hall–Kier alpha value is -3.30. The monoisotopic (exact) mass is 442 g/mol. The minimum atomic E-state index is -4.60. The first-order valence-corrected chi connectivity index (χ1v) is 9.09. The highest BCUT2D eigenvalue weighted by Gasteiger charge is 2.29. The maximum absolute atomic E-state index is 14.4. The Morgan fingerprint density at radius 1 is 1.06 bits per heavy atom. The molecule has 4 nitrogen and oxygen atoms in total. The molecule has 0 aliphatic rings. The van der Waals surface area contributed by atoms with Gasteiger partial charge in [-0.1, -0.05) is 12.1 Å². The molecule has 0 atom stereocenters. The Balaban J connectivity index is 2.11. The summed E-state index contributed by atoms with van der Waals surface area (Å²) in [5.74, 6) is -3.77. The van der Waals surface area contributed by atoms with Crippen LogP contribution < -0.4 is 10.9 Å². The average Bonchev–Trinajstić information content (AvgIpc) is 2.64. The van der Waals surface area contributed by atoms with Gasteiger partial charge in [0.25, 0.3) is 11.5 Å². The number of hydrogen-bond acceptors (Lipinski definition) is 2. The quantitative estimate of drug-likeness (QED) is 0.587. The number of aromatic nitrogens is 1. The Morgan fingerprint density at radius 2 is 1.77 bits per heavy atom. The highest BCUT2D eigenvalue weighted by Crippen LogP contribution is 2.25. The summed E-state index contributed by atoms with van der Waals surface area (Å²) in [5.41, 5.74) is -1.23. The highest BCUT2D eigenvalue weighted by molar-refractivity contribution is 6.07. The van der Waals surface area contributed by atoms with E-state index in [-0.39, 0.29) is 23.2 Å². The molecule has 1 heterocycles. The van der Waals surface area contributed by atoms with Crippen molar-refractivity contribution in [2.75, 3.05) is 0 Å². The number of fused-ring (bicyclic) bond motifs is 1. The van der Waals surface area contributed by atoms with Crippen LogP contribution in [0.1, 0.15) is 28.0 Å². The van der Waals surface area contributed by atoms with Crippen LogP contribution in [-0.4, -0.2) is 16.7 Å². The van der Waals surface area contributed by atoms with Crippen LogP contribution in [0, 0.1) is 24.4 Å². The zero-order chi connectivity index (χ0) is 22.9. The van der Waals surface area contributed by atoms with Crippen LogP contribution in [0.2, 0.25) is 0 Å². The number of nitrogens with zero attached hydrogens (tertiary/aromatic N) is 1. The molecule has 0 unspecified atom stereocenters. The van der Waals surface area contributed by atoms with Crippen molar-refractivity contribution in [2.45, 2.75) is 32.6 Å². The molecule has 0 radical (unpaired) electrons. The molecule has 0 saturated carbocycles. The average molecular weight is 442 g/mol. The molecule has 1 N–H and O–H groups in total. The largest absolute Gasteiger partial charge is 0.390 e. The SMILES string of the molecule is Cc1c(C(=O)NCc2cccc(F)c2)c2cc(F)cc(F)c2c(=O)n1CCC(F)(F)F. The maximum Gasteiger partial charge on any atom is 0.390 e. The molecule has 164 valence electrons. The van der Waals surface area contributed by atoms with E-state index in [2.05, 4.69) is 5.32 Å². The lowest BCUT2D eigenvalue weighted by Crippen LogP contribution is -2.31. The van der Waals surface area contributed by atoms with E-state index in [0.29, 0.717) is 16.2 Å². The second kappa shape index (κ2) is 8.44. The van der Waals surface area contributed by atoms with Gasteiger partial charge in [-0.25, -0.2) is 13.2 Å². The van der Waals surface area contributed by atoms with Gasteiger partial charge in [0.05, 0.1) is 17.4 Å². The molecule has 0 bridgehead atoms. The van der Waals surface area contributed by atoms with Crippen molar-refractivity contribution in [3.05, 3.63) is 81.0 Å². The minimum absolute atomic E-state index is 0.156. The zero-order valence-electron chi connectivity index (χ0n) is 16.1. The van der Waals surface area contributed by atoms with Crippen LogP contribution >= 0.6 is 0 Å². The van der Waals surface area contributed by atoms with Gasteiger partial charge in [0.15, 0.2) is 0 Å². The van der Waals surface area contributed by atoms with Crippen molar-refractivity contribution < 1.29 is 31.1 Å². The molecule has 0 aliphatic heterocycles. The number of halogens is 6. The predicted octanol–water partition coefficient (Wildman–Crippen LogP) is 4.61. The molecule has 2 aromatic carbocycles. The lowest BCUT2D eigenvalue weighted by Gasteiger charge is -2.18. The smallest absolute Gasteiger partial charge is 0.348 e. The highest BCUT2D eigenvalue weighted by atomic mass is 19.4. The third-order valence-electron chi connectivity index (χ3n) is 4.74. The van der Waals surface area contributed by atoms with E-state index in [1.54, 1.807) is 0 Å². The lowest BCUT2D eigenvalue weighted by atomic mass is 10.0. The minimum Gasteiger partial charge on any atom is -0.348 e. The van der Waals surface area contributed by atoms with Gasteiger partial charge in [-0.15, -0.1) is 0 Å². The zero-order valence-corrected chi connectivity index (χ0v) is 16.1. The van der Waals surface area contributed by atoms with E-state index >= 15 is 0 Å². The Labute approximate surface area is 172 Å².